The van der Waals surface area contributed by atoms with Crippen molar-refractivity contribution in [2.45, 2.75) is 17.7 Å². The fourth-order valence-corrected chi connectivity index (χ4v) is 5.24. The van der Waals surface area contributed by atoms with Gasteiger partial charge in [0.1, 0.15) is 17.4 Å². The van der Waals surface area contributed by atoms with Crippen LogP contribution in [-0.2, 0) is 15.1 Å². The molecule has 1 aliphatic carbocycles. The van der Waals surface area contributed by atoms with Crippen LogP contribution in [0.2, 0.25) is 0 Å². The van der Waals surface area contributed by atoms with Crippen LogP contribution in [0.4, 0.5) is 5.69 Å². The third-order valence-corrected chi connectivity index (χ3v) is 6.95. The maximum atomic E-state index is 13.4. The Labute approximate surface area is 193 Å². The van der Waals surface area contributed by atoms with Crippen molar-refractivity contribution >= 4 is 38.9 Å². The normalized spacial score (nSPS) is 22.6. The summed E-state index contributed by atoms with van der Waals surface area (Å²) in [7, 11) is 0. The van der Waals surface area contributed by atoms with E-state index in [-0.39, 0.29) is 35.4 Å². The molecule has 2 aliphatic rings. The van der Waals surface area contributed by atoms with E-state index < -0.39 is 23.3 Å². The van der Waals surface area contributed by atoms with Crippen molar-refractivity contribution in [1.82, 2.24) is 0 Å². The van der Waals surface area contributed by atoms with Crippen LogP contribution in [0, 0.1) is 0 Å². The van der Waals surface area contributed by atoms with E-state index in [1.165, 1.54) is 0 Å². The largest absolute Gasteiger partial charge is 1.00 e. The summed E-state index contributed by atoms with van der Waals surface area (Å²) >= 11 is 0.951. The van der Waals surface area contributed by atoms with E-state index in [1.807, 2.05) is 0 Å². The summed E-state index contributed by atoms with van der Waals surface area (Å²) in [5, 5.41) is 12.2. The van der Waals surface area contributed by atoms with Crippen molar-refractivity contribution in [3.8, 4) is 5.75 Å². The number of aromatic carboxylic acids is 1. The second-order valence-electron chi connectivity index (χ2n) is 7.49. The molecule has 154 valence electrons. The number of nitrogens with two attached hydrogens (primary N) is 3. The van der Waals surface area contributed by atoms with E-state index in [0.717, 1.165) is 11.3 Å². The number of carboxylic acids is 1. The van der Waals surface area contributed by atoms with E-state index >= 15 is 0 Å². The summed E-state index contributed by atoms with van der Waals surface area (Å²) < 4.78 is 11.4. The van der Waals surface area contributed by atoms with E-state index in [2.05, 4.69) is 0 Å². The van der Waals surface area contributed by atoms with Gasteiger partial charge in [-0.1, -0.05) is 18.2 Å². The van der Waals surface area contributed by atoms with Gasteiger partial charge in [0.2, 0.25) is 0 Å². The van der Waals surface area contributed by atoms with Gasteiger partial charge < -0.3 is 36.6 Å². The van der Waals surface area contributed by atoms with Crippen molar-refractivity contribution in [3.63, 3.8) is 0 Å². The molecule has 31 heavy (non-hydrogen) atoms. The topological polar surface area (TPSA) is 154 Å². The number of benzene rings is 2. The number of ether oxygens (including phenoxy) is 2. The fourth-order valence-electron chi connectivity index (χ4n) is 4.10. The van der Waals surface area contributed by atoms with Gasteiger partial charge in [0.15, 0.2) is 5.78 Å². The van der Waals surface area contributed by atoms with Crippen LogP contribution in [0.25, 0.3) is 10.1 Å². The van der Waals surface area contributed by atoms with E-state index in [4.69, 9.17) is 26.7 Å². The van der Waals surface area contributed by atoms with Crippen LogP contribution in [0.15, 0.2) is 36.4 Å². The molecule has 1 aliphatic heterocycles. The number of rotatable bonds is 4. The molecule has 1 aromatic heterocycles. The van der Waals surface area contributed by atoms with Crippen molar-refractivity contribution in [1.29, 1.82) is 0 Å². The minimum absolute atomic E-state index is 0. The molecule has 5 rings (SSSR count). The second kappa shape index (κ2) is 7.64. The molecule has 3 aromatic rings. The van der Waals surface area contributed by atoms with Gasteiger partial charge in [-0.2, -0.15) is 0 Å². The van der Waals surface area contributed by atoms with E-state index in [0.29, 0.717) is 45.9 Å². The van der Waals surface area contributed by atoms with Gasteiger partial charge in [-0.3, -0.25) is 4.79 Å². The minimum atomic E-state index is -1.55. The number of Topliss-reactive ketones (excluding diaryl/α,β-unsaturated/α-hetero) is 1. The first-order chi connectivity index (χ1) is 14.3. The third kappa shape index (κ3) is 3.09. The van der Waals surface area contributed by atoms with Gasteiger partial charge in [0.25, 0.3) is 0 Å². The second-order valence-corrected chi connectivity index (χ2v) is 8.51. The average molecular weight is 431 g/mol. The number of carbonyl (C=O) groups excluding carboxylic acids is 2. The quantitative estimate of drug-likeness (QED) is 0.301. The maximum absolute atomic E-state index is 13.4. The molecule has 1 fully saturated rings. The predicted octanol–water partition coefficient (Wildman–Crippen LogP) is -2.59. The Morgan fingerprint density at radius 2 is 1.87 bits per heavy atom. The molecule has 10 heteroatoms. The number of hydrogen-bond donors (Lipinski definition) is 3. The molecule has 0 amide bonds. The standard InChI is InChI=1S/C21H19N3O5S.Li/c22-13-6-5-12-14-15(18(20(26)27)30-17(13)14)16(23)19(25)21(12,24)9-1-3-10(4-2-9)29-11-7-28-8-11;/h1-6,11,16H,7-8,22-24H2,(H,26,27);/q;+1/p-1. The van der Waals surface area contributed by atoms with Gasteiger partial charge in [0.05, 0.1) is 34.8 Å². The third-order valence-electron chi connectivity index (χ3n) is 5.72. The first-order valence-corrected chi connectivity index (χ1v) is 10.1. The average Bonchev–Trinajstić information content (AvgIpc) is 3.11. The van der Waals surface area contributed by atoms with E-state index in [1.54, 1.807) is 36.4 Å². The van der Waals surface area contributed by atoms with Crippen LogP contribution in [-0.4, -0.2) is 31.1 Å². The molecule has 2 atom stereocenters. The SMILES string of the molecule is Nc1ccc2c3c(c(C(=O)[O-])sc13)C(N)C(=O)C2(N)c1ccc(OC2COC2)cc1.[Li+]. The number of carboxylic acid groups (broad SMARTS) is 1. The number of carbonyl (C=O) groups is 2. The molecule has 0 saturated carbocycles. The van der Waals surface area contributed by atoms with Crippen molar-refractivity contribution in [3.05, 3.63) is 58.0 Å². The van der Waals surface area contributed by atoms with Crippen LogP contribution >= 0.6 is 11.3 Å². The first-order valence-electron chi connectivity index (χ1n) is 9.32. The predicted molar refractivity (Wildman–Crippen MR) is 109 cm³/mol. The summed E-state index contributed by atoms with van der Waals surface area (Å²) in [4.78, 5) is 25.0. The van der Waals surface area contributed by atoms with E-state index in [9.17, 15) is 14.7 Å². The summed E-state index contributed by atoms with van der Waals surface area (Å²) in [6.07, 6.45) is 0.0144. The van der Waals surface area contributed by atoms with Crippen LogP contribution in [0.3, 0.4) is 0 Å². The fraction of sp³-hybridized carbons (Fsp3) is 0.238. The molecule has 0 spiro atoms. The molecule has 2 unspecified atom stereocenters. The maximum Gasteiger partial charge on any atom is 1.00 e. The minimum Gasteiger partial charge on any atom is -0.544 e. The molecule has 0 radical (unpaired) electrons. The molecule has 1 saturated heterocycles. The smallest absolute Gasteiger partial charge is 0.544 e. The van der Waals surface area contributed by atoms with Crippen molar-refractivity contribution < 1.29 is 43.0 Å². The van der Waals surface area contributed by atoms with Gasteiger partial charge in [-0.05, 0) is 29.3 Å². The zero-order valence-electron chi connectivity index (χ0n) is 16.7. The van der Waals surface area contributed by atoms with Gasteiger partial charge in [-0.25, -0.2) is 0 Å². The van der Waals surface area contributed by atoms with Crippen LogP contribution in [0.1, 0.15) is 32.4 Å². The molecular weight excluding hydrogens is 413 g/mol. The molecule has 6 N–H and O–H groups in total. The van der Waals surface area contributed by atoms with Gasteiger partial charge >= 0.3 is 18.9 Å². The zero-order valence-corrected chi connectivity index (χ0v) is 17.5. The Kier molecular flexibility index (Phi) is 5.38. The molecule has 0 bridgehead atoms. The molecule has 2 aromatic carbocycles. The number of thiophene rings is 1. The Morgan fingerprint density at radius 3 is 2.45 bits per heavy atom. The number of hydrogen-bond acceptors (Lipinski definition) is 9. The van der Waals surface area contributed by atoms with Crippen molar-refractivity contribution in [2.75, 3.05) is 18.9 Å². The molecule has 8 nitrogen and oxygen atoms in total. The number of nitrogen functional groups attached to an aromatic ring is 1. The summed E-state index contributed by atoms with van der Waals surface area (Å²) in [6, 6.07) is 8.99. The molecule has 2 heterocycles. The number of ketones is 1. The molecular formula is C21H18LiN3O5S. The van der Waals surface area contributed by atoms with Crippen LogP contribution in [0.5, 0.6) is 5.75 Å². The monoisotopic (exact) mass is 431 g/mol. The summed E-state index contributed by atoms with van der Waals surface area (Å²) in [5.74, 6) is -1.25. The first kappa shape index (κ1) is 21.8. The summed E-state index contributed by atoms with van der Waals surface area (Å²) in [5.41, 5.74) is 19.1. The Bertz CT molecular complexity index is 1210. The Hall–Kier alpha value is -2.38. The van der Waals surface area contributed by atoms with Crippen LogP contribution < -0.4 is 45.9 Å². The Morgan fingerprint density at radius 1 is 1.19 bits per heavy atom. The zero-order chi connectivity index (χ0) is 21.2. The Balaban J connectivity index is 0.00000231. The number of anilines is 1. The van der Waals surface area contributed by atoms with Gasteiger partial charge in [-0.15, -0.1) is 11.3 Å². The summed E-state index contributed by atoms with van der Waals surface area (Å²) in [6.45, 7) is 1.09. The van der Waals surface area contributed by atoms with Crippen molar-refractivity contribution in [2.24, 2.45) is 11.5 Å². The van der Waals surface area contributed by atoms with Gasteiger partial charge in [0, 0.05) is 16.6 Å².